The number of rotatable bonds is 4. The summed E-state index contributed by atoms with van der Waals surface area (Å²) in [6, 6.07) is 8.57. The highest BCUT2D eigenvalue weighted by Crippen LogP contribution is 2.23. The molecule has 0 aliphatic rings. The van der Waals surface area contributed by atoms with Gasteiger partial charge in [0.05, 0.1) is 6.10 Å². The van der Waals surface area contributed by atoms with Crippen LogP contribution in [0.2, 0.25) is 0 Å². The number of hydrogen-bond acceptors (Lipinski definition) is 1. The van der Waals surface area contributed by atoms with E-state index in [1.54, 1.807) is 0 Å². The molecule has 0 saturated heterocycles. The van der Waals surface area contributed by atoms with Crippen molar-refractivity contribution in [1.82, 2.24) is 0 Å². The standard InChI is InChI=1S/C11H18OSi/c1-3-9-7-5-6-8-10(9)11(4-2)12-13/h5-8,11H,3-4H2,1-2,13H3. The van der Waals surface area contributed by atoms with Crippen molar-refractivity contribution < 1.29 is 4.43 Å². The zero-order valence-corrected chi connectivity index (χ0v) is 10.7. The first kappa shape index (κ1) is 10.5. The van der Waals surface area contributed by atoms with Gasteiger partial charge >= 0.3 is 0 Å². The largest absolute Gasteiger partial charge is 0.421 e. The average molecular weight is 194 g/mol. The van der Waals surface area contributed by atoms with Gasteiger partial charge in [-0.3, -0.25) is 0 Å². The fraction of sp³-hybridized carbons (Fsp3) is 0.455. The molecule has 1 unspecified atom stereocenters. The molecular weight excluding hydrogens is 176 g/mol. The van der Waals surface area contributed by atoms with Crippen LogP contribution in [0.1, 0.15) is 37.5 Å². The summed E-state index contributed by atoms with van der Waals surface area (Å²) < 4.78 is 5.57. The summed E-state index contributed by atoms with van der Waals surface area (Å²) in [4.78, 5) is 0. The van der Waals surface area contributed by atoms with Gasteiger partial charge in [0, 0.05) is 0 Å². The fourth-order valence-corrected chi connectivity index (χ4v) is 2.27. The highest BCUT2D eigenvalue weighted by atomic mass is 28.2. The van der Waals surface area contributed by atoms with E-state index in [1.807, 2.05) is 0 Å². The van der Waals surface area contributed by atoms with Gasteiger partial charge in [0.15, 0.2) is 0 Å². The molecule has 0 bridgehead atoms. The zero-order valence-electron chi connectivity index (χ0n) is 8.71. The zero-order chi connectivity index (χ0) is 9.68. The third kappa shape index (κ3) is 2.42. The lowest BCUT2D eigenvalue weighted by Gasteiger charge is -2.17. The predicted octanol–water partition coefficient (Wildman–Crippen LogP) is 2.00. The van der Waals surface area contributed by atoms with Gasteiger partial charge in [-0.25, -0.2) is 0 Å². The van der Waals surface area contributed by atoms with Crippen molar-refractivity contribution in [1.29, 1.82) is 0 Å². The van der Waals surface area contributed by atoms with Crippen LogP contribution in [-0.4, -0.2) is 10.5 Å². The maximum absolute atomic E-state index is 5.57. The Kier molecular flexibility index (Phi) is 4.19. The fourth-order valence-electron chi connectivity index (χ4n) is 1.68. The van der Waals surface area contributed by atoms with Crippen LogP contribution in [0, 0.1) is 0 Å². The van der Waals surface area contributed by atoms with Crippen LogP contribution >= 0.6 is 0 Å². The molecule has 0 fully saturated rings. The van der Waals surface area contributed by atoms with Gasteiger partial charge in [0.25, 0.3) is 0 Å². The third-order valence-electron chi connectivity index (χ3n) is 2.44. The first-order valence-corrected chi connectivity index (χ1v) is 5.75. The van der Waals surface area contributed by atoms with E-state index in [4.69, 9.17) is 4.43 Å². The maximum atomic E-state index is 5.57. The summed E-state index contributed by atoms with van der Waals surface area (Å²) >= 11 is 0. The summed E-state index contributed by atoms with van der Waals surface area (Å²) in [7, 11) is 0.817. The first-order valence-electron chi connectivity index (χ1n) is 4.94. The van der Waals surface area contributed by atoms with Crippen molar-refractivity contribution in [3.8, 4) is 0 Å². The van der Waals surface area contributed by atoms with Crippen LogP contribution in [0.3, 0.4) is 0 Å². The third-order valence-corrected chi connectivity index (χ3v) is 3.01. The lowest BCUT2D eigenvalue weighted by Crippen LogP contribution is -2.03. The van der Waals surface area contributed by atoms with Gasteiger partial charge in [0.1, 0.15) is 10.5 Å². The Labute approximate surface area is 83.7 Å². The monoisotopic (exact) mass is 194 g/mol. The van der Waals surface area contributed by atoms with E-state index in [-0.39, 0.29) is 0 Å². The average Bonchev–Trinajstić information content (AvgIpc) is 2.20. The maximum Gasteiger partial charge on any atom is 0.146 e. The minimum atomic E-state index is 0.322. The minimum Gasteiger partial charge on any atom is -0.421 e. The van der Waals surface area contributed by atoms with E-state index < -0.39 is 0 Å². The van der Waals surface area contributed by atoms with E-state index in [1.165, 1.54) is 11.1 Å². The predicted molar refractivity (Wildman–Crippen MR) is 59.9 cm³/mol. The molecule has 0 aliphatic carbocycles. The molecule has 0 N–H and O–H groups in total. The summed E-state index contributed by atoms with van der Waals surface area (Å²) in [5.74, 6) is 0. The minimum absolute atomic E-state index is 0.322. The molecule has 0 heterocycles. The summed E-state index contributed by atoms with van der Waals surface area (Å²) in [6.45, 7) is 4.37. The Morgan fingerprint density at radius 2 is 2.00 bits per heavy atom. The van der Waals surface area contributed by atoms with Gasteiger partial charge < -0.3 is 4.43 Å². The highest BCUT2D eigenvalue weighted by Gasteiger charge is 2.09. The number of benzene rings is 1. The molecule has 13 heavy (non-hydrogen) atoms. The quantitative estimate of drug-likeness (QED) is 0.666. The molecule has 1 aromatic carbocycles. The van der Waals surface area contributed by atoms with Gasteiger partial charge in [-0.2, -0.15) is 0 Å². The molecule has 1 nitrogen and oxygen atoms in total. The van der Waals surface area contributed by atoms with Crippen LogP contribution in [0.15, 0.2) is 24.3 Å². The van der Waals surface area contributed by atoms with Crippen molar-refractivity contribution in [2.24, 2.45) is 0 Å². The second kappa shape index (κ2) is 5.20. The second-order valence-electron chi connectivity index (χ2n) is 3.18. The van der Waals surface area contributed by atoms with Crippen LogP contribution < -0.4 is 0 Å². The molecule has 1 atom stereocenters. The molecule has 1 aromatic rings. The lowest BCUT2D eigenvalue weighted by molar-refractivity contribution is 0.221. The summed E-state index contributed by atoms with van der Waals surface area (Å²) in [5, 5.41) is 0. The lowest BCUT2D eigenvalue weighted by atomic mass is 9.99. The van der Waals surface area contributed by atoms with Gasteiger partial charge in [-0.15, -0.1) is 0 Å². The van der Waals surface area contributed by atoms with Crippen molar-refractivity contribution in [3.63, 3.8) is 0 Å². The van der Waals surface area contributed by atoms with Crippen molar-refractivity contribution >= 4 is 10.5 Å². The Morgan fingerprint density at radius 3 is 2.54 bits per heavy atom. The van der Waals surface area contributed by atoms with E-state index >= 15 is 0 Å². The van der Waals surface area contributed by atoms with Crippen LogP contribution in [0.4, 0.5) is 0 Å². The normalized spacial score (nSPS) is 13.1. The topological polar surface area (TPSA) is 9.23 Å². The van der Waals surface area contributed by atoms with Crippen LogP contribution in [0.25, 0.3) is 0 Å². The molecule has 0 spiro atoms. The van der Waals surface area contributed by atoms with Crippen LogP contribution in [-0.2, 0) is 10.8 Å². The van der Waals surface area contributed by atoms with Crippen LogP contribution in [0.5, 0.6) is 0 Å². The first-order chi connectivity index (χ1) is 6.33. The molecule has 0 amide bonds. The Hall–Kier alpha value is -0.603. The smallest absolute Gasteiger partial charge is 0.146 e. The molecule has 2 heteroatoms. The van der Waals surface area contributed by atoms with Gasteiger partial charge in [-0.05, 0) is 24.0 Å². The van der Waals surface area contributed by atoms with Crippen molar-refractivity contribution in [3.05, 3.63) is 35.4 Å². The van der Waals surface area contributed by atoms with E-state index in [2.05, 4.69) is 38.1 Å². The SMILES string of the molecule is CCc1ccccc1C(CC)O[SiH3]. The van der Waals surface area contributed by atoms with Crippen molar-refractivity contribution in [2.75, 3.05) is 0 Å². The van der Waals surface area contributed by atoms with E-state index in [0.29, 0.717) is 6.10 Å². The molecule has 0 saturated carbocycles. The Balaban J connectivity index is 2.96. The molecule has 0 aromatic heterocycles. The molecule has 72 valence electrons. The number of hydrogen-bond donors (Lipinski definition) is 0. The van der Waals surface area contributed by atoms with Gasteiger partial charge in [-0.1, -0.05) is 38.1 Å². The molecule has 0 aliphatic heterocycles. The molecule has 1 rings (SSSR count). The summed E-state index contributed by atoms with van der Waals surface area (Å²) in [5.41, 5.74) is 2.80. The van der Waals surface area contributed by atoms with E-state index in [9.17, 15) is 0 Å². The van der Waals surface area contributed by atoms with E-state index in [0.717, 1.165) is 23.3 Å². The van der Waals surface area contributed by atoms with Gasteiger partial charge in [0.2, 0.25) is 0 Å². The highest BCUT2D eigenvalue weighted by molar-refractivity contribution is 5.98. The Morgan fingerprint density at radius 1 is 1.31 bits per heavy atom. The molecular formula is C11H18OSi. The number of aryl methyl sites for hydroxylation is 1. The Bertz CT molecular complexity index is 256. The van der Waals surface area contributed by atoms with Crippen molar-refractivity contribution in [2.45, 2.75) is 32.8 Å². The second-order valence-corrected chi connectivity index (χ2v) is 3.66. The molecule has 0 radical (unpaired) electrons. The summed E-state index contributed by atoms with van der Waals surface area (Å²) in [6.07, 6.45) is 2.49.